The Bertz CT molecular complexity index is 2980. The number of carbonyl (C=O) groups is 2. The summed E-state index contributed by atoms with van der Waals surface area (Å²) in [5.41, 5.74) is 8.07. The predicted molar refractivity (Wildman–Crippen MR) is 224 cm³/mol. The molecule has 0 saturated heterocycles. The summed E-state index contributed by atoms with van der Waals surface area (Å²) in [7, 11) is 0. The summed E-state index contributed by atoms with van der Waals surface area (Å²) in [4.78, 5) is 34.0. The molecule has 2 aromatic carbocycles. The van der Waals surface area contributed by atoms with Gasteiger partial charge in [-0.05, 0) is 57.7 Å². The van der Waals surface area contributed by atoms with E-state index in [0.717, 1.165) is 9.75 Å². The van der Waals surface area contributed by atoms with Crippen LogP contribution in [0.5, 0.6) is 0 Å². The molecule has 0 unspecified atom stereocenters. The summed E-state index contributed by atoms with van der Waals surface area (Å²) in [5, 5.41) is 39.2. The zero-order chi connectivity index (χ0) is 39.0. The highest BCUT2D eigenvalue weighted by Crippen LogP contribution is 2.65. The molecule has 264 valence electrons. The first kappa shape index (κ1) is 34.3. The van der Waals surface area contributed by atoms with Crippen LogP contribution in [0.1, 0.15) is 91.5 Å². The maximum Gasteiger partial charge on any atom is 0.194 e. The van der Waals surface area contributed by atoms with Crippen LogP contribution in [-0.2, 0) is 10.8 Å². The number of fused-ring (bicyclic) bond motifs is 11. The Morgan fingerprint density at radius 3 is 1.25 bits per heavy atom. The van der Waals surface area contributed by atoms with E-state index in [9.17, 15) is 30.6 Å². The van der Waals surface area contributed by atoms with Crippen molar-refractivity contribution in [2.45, 2.75) is 38.5 Å². The minimum absolute atomic E-state index is 0.0696. The summed E-state index contributed by atoms with van der Waals surface area (Å²) < 4.78 is 2.57. The highest BCUT2D eigenvalue weighted by molar-refractivity contribution is 7.34. The Labute approximate surface area is 337 Å². The average molecular weight is 793 g/mol. The molecule has 0 amide bonds. The summed E-state index contributed by atoms with van der Waals surface area (Å²) >= 11 is 6.95. The topological polar surface area (TPSA) is 129 Å². The molecule has 4 aromatic heterocycles. The number of nitriles is 4. The van der Waals surface area contributed by atoms with Crippen molar-refractivity contribution in [3.05, 3.63) is 137 Å². The maximum atomic E-state index is 13.7. The summed E-state index contributed by atoms with van der Waals surface area (Å²) in [6.07, 6.45) is 3.70. The van der Waals surface area contributed by atoms with Crippen LogP contribution < -0.4 is 0 Å². The standard InChI is InChI=1S/C46H24N4O2S4/c1-45(2)31-15-23(13-29-33(21(17-47)18-48)25-9-5-7-11-27(25)37(29)51)53-39(31)41-35(45)43-44(55-41)36-42(56-43)40-32(46(36,3)4)16-24(54-40)14-30-34(22(19-49)20-50)26-10-6-8-12-28(26)38(30)52/h5-16H,1-4H3. The van der Waals surface area contributed by atoms with Gasteiger partial charge >= 0.3 is 0 Å². The van der Waals surface area contributed by atoms with E-state index in [4.69, 9.17) is 0 Å². The number of allylic oxidation sites excluding steroid dienone is 6. The van der Waals surface area contributed by atoms with Gasteiger partial charge in [0.1, 0.15) is 35.4 Å². The van der Waals surface area contributed by atoms with Crippen LogP contribution in [0.2, 0.25) is 0 Å². The third kappa shape index (κ3) is 4.30. The molecular formula is C46H24N4O2S4. The number of ketones is 2. The van der Waals surface area contributed by atoms with E-state index >= 15 is 0 Å². The largest absolute Gasteiger partial charge is 0.289 e. The molecule has 0 fully saturated rings. The molecule has 0 atom stereocenters. The monoisotopic (exact) mass is 792 g/mol. The molecule has 0 radical (unpaired) electrons. The van der Waals surface area contributed by atoms with Crippen LogP contribution in [0.15, 0.2) is 83.0 Å². The molecule has 0 spiro atoms. The maximum absolute atomic E-state index is 13.7. The number of carbonyl (C=O) groups excluding carboxylic acids is 2. The number of thiophene rings is 4. The first-order valence-electron chi connectivity index (χ1n) is 17.6. The van der Waals surface area contributed by atoms with Gasteiger partial charge < -0.3 is 0 Å². The van der Waals surface area contributed by atoms with E-state index in [1.807, 2.05) is 71.2 Å². The molecule has 10 heteroatoms. The number of benzene rings is 2. The molecule has 56 heavy (non-hydrogen) atoms. The number of Topliss-reactive ketones (excluding diaryl/α,β-unsaturated/α-hetero) is 2. The van der Waals surface area contributed by atoms with Crippen LogP contribution in [0, 0.1) is 45.3 Å². The first-order valence-corrected chi connectivity index (χ1v) is 20.9. The van der Waals surface area contributed by atoms with Gasteiger partial charge in [-0.2, -0.15) is 21.0 Å². The lowest BCUT2D eigenvalue weighted by Crippen LogP contribution is -2.15. The average Bonchev–Trinajstić information content (AvgIpc) is 4.05. The van der Waals surface area contributed by atoms with Crippen LogP contribution in [0.3, 0.4) is 0 Å². The third-order valence-electron chi connectivity index (χ3n) is 11.5. The molecule has 0 saturated carbocycles. The van der Waals surface area contributed by atoms with Gasteiger partial charge in [-0.3, -0.25) is 9.59 Å². The van der Waals surface area contributed by atoms with Gasteiger partial charge in [-0.25, -0.2) is 0 Å². The number of rotatable bonds is 2. The molecule has 6 nitrogen and oxygen atoms in total. The van der Waals surface area contributed by atoms with Crippen molar-refractivity contribution >= 4 is 89.6 Å². The fraction of sp³-hybridized carbons (Fsp3) is 0.130. The highest BCUT2D eigenvalue weighted by atomic mass is 32.1. The summed E-state index contributed by atoms with van der Waals surface area (Å²) in [5.74, 6) is -0.362. The fourth-order valence-corrected chi connectivity index (χ4v) is 15.2. The van der Waals surface area contributed by atoms with E-state index in [-0.39, 0.29) is 33.5 Å². The first-order chi connectivity index (χ1) is 26.9. The van der Waals surface area contributed by atoms with Gasteiger partial charge in [0, 0.05) is 63.8 Å². The minimum atomic E-state index is -0.307. The third-order valence-corrected chi connectivity index (χ3v) is 16.5. The molecule has 0 aliphatic heterocycles. The Hall–Kier alpha value is -6.24. The fourth-order valence-electron chi connectivity index (χ4n) is 8.86. The van der Waals surface area contributed by atoms with E-state index in [0.29, 0.717) is 44.5 Å². The summed E-state index contributed by atoms with van der Waals surface area (Å²) in [6.45, 7) is 9.03. The lowest BCUT2D eigenvalue weighted by atomic mass is 9.82. The van der Waals surface area contributed by atoms with Crippen molar-refractivity contribution in [1.82, 2.24) is 0 Å². The van der Waals surface area contributed by atoms with Gasteiger partial charge in [0.2, 0.25) is 0 Å². The Morgan fingerprint density at radius 1 is 0.536 bits per heavy atom. The SMILES string of the molecule is CC1(C)c2cc(C=C3C(=O)c4ccccc4C3=C(C#N)C#N)sc2-c2sc3c4c(sc3c21)-c1sc(C=C2C(=O)c3ccccc3C2=C(C#N)C#N)cc1C4(C)C. The molecular weight excluding hydrogens is 769 g/mol. The van der Waals surface area contributed by atoms with Crippen LogP contribution >= 0.6 is 45.3 Å². The molecule has 0 bridgehead atoms. The van der Waals surface area contributed by atoms with Crippen molar-refractivity contribution in [2.24, 2.45) is 0 Å². The van der Waals surface area contributed by atoms with Crippen LogP contribution in [0.25, 0.3) is 52.2 Å². The van der Waals surface area contributed by atoms with E-state index in [2.05, 4.69) is 39.8 Å². The Balaban J connectivity index is 1.07. The highest BCUT2D eigenvalue weighted by Gasteiger charge is 2.47. The zero-order valence-corrected chi connectivity index (χ0v) is 33.4. The zero-order valence-electron chi connectivity index (χ0n) is 30.2. The van der Waals surface area contributed by atoms with Crippen LogP contribution in [-0.4, -0.2) is 11.6 Å². The number of hydrogen-bond donors (Lipinski definition) is 0. The molecule has 6 aromatic rings. The van der Waals surface area contributed by atoms with Gasteiger partial charge in [0.15, 0.2) is 11.6 Å². The van der Waals surface area contributed by atoms with E-state index < -0.39 is 0 Å². The van der Waals surface area contributed by atoms with Crippen molar-refractivity contribution in [3.63, 3.8) is 0 Å². The van der Waals surface area contributed by atoms with Crippen molar-refractivity contribution < 1.29 is 9.59 Å². The second-order valence-corrected chi connectivity index (χ2v) is 19.3. The van der Waals surface area contributed by atoms with Gasteiger partial charge in [-0.1, -0.05) is 76.2 Å². The van der Waals surface area contributed by atoms with Gasteiger partial charge in [0.05, 0.1) is 19.2 Å². The van der Waals surface area contributed by atoms with Crippen LogP contribution in [0.4, 0.5) is 0 Å². The van der Waals surface area contributed by atoms with E-state index in [1.54, 1.807) is 59.1 Å². The smallest absolute Gasteiger partial charge is 0.194 e. The van der Waals surface area contributed by atoms with Gasteiger partial charge in [-0.15, -0.1) is 45.3 Å². The summed E-state index contributed by atoms with van der Waals surface area (Å²) in [6, 6.07) is 26.7. The normalized spacial score (nSPS) is 17.6. The molecule has 4 aliphatic rings. The number of nitrogens with zero attached hydrogens (tertiary/aromatic N) is 4. The second kappa shape index (κ2) is 11.6. The molecule has 4 aliphatic carbocycles. The molecule has 0 N–H and O–H groups in total. The van der Waals surface area contributed by atoms with E-state index in [1.165, 1.54) is 51.2 Å². The Morgan fingerprint density at radius 2 is 0.893 bits per heavy atom. The minimum Gasteiger partial charge on any atom is -0.289 e. The Kier molecular flexibility index (Phi) is 7.12. The molecule has 10 rings (SSSR count). The quantitative estimate of drug-likeness (QED) is 0.127. The lowest BCUT2D eigenvalue weighted by Gasteiger charge is -2.20. The van der Waals surface area contributed by atoms with Crippen molar-refractivity contribution in [1.29, 1.82) is 21.0 Å². The van der Waals surface area contributed by atoms with Gasteiger partial charge in [0.25, 0.3) is 0 Å². The predicted octanol–water partition coefficient (Wildman–Crippen LogP) is 11.9. The molecule has 4 heterocycles. The van der Waals surface area contributed by atoms with Crippen molar-refractivity contribution in [3.8, 4) is 43.8 Å². The lowest BCUT2D eigenvalue weighted by molar-refractivity contribution is 0.103. The second-order valence-electron chi connectivity index (χ2n) is 15.1. The van der Waals surface area contributed by atoms with Crippen molar-refractivity contribution in [2.75, 3.05) is 0 Å². The number of hydrogen-bond acceptors (Lipinski definition) is 10.